The van der Waals surface area contributed by atoms with Crippen LogP contribution in [0.25, 0.3) is 0 Å². The summed E-state index contributed by atoms with van der Waals surface area (Å²) in [4.78, 5) is 22.8. The van der Waals surface area contributed by atoms with E-state index in [0.29, 0.717) is 18.8 Å². The fraction of sp³-hybridized carbons (Fsp3) is 0.857. The number of aliphatic carboxylic acids is 1. The van der Waals surface area contributed by atoms with Crippen molar-refractivity contribution in [3.8, 4) is 0 Å². The molecule has 1 saturated carbocycles. The minimum Gasteiger partial charge on any atom is -0.480 e. The van der Waals surface area contributed by atoms with Gasteiger partial charge in [-0.3, -0.25) is 4.79 Å². The number of hydrogen-bond donors (Lipinski definition) is 2. The maximum Gasteiger partial charge on any atom is 0.326 e. The van der Waals surface area contributed by atoms with Crippen molar-refractivity contribution in [3.63, 3.8) is 0 Å². The summed E-state index contributed by atoms with van der Waals surface area (Å²) in [6, 6.07) is -0.707. The summed E-state index contributed by atoms with van der Waals surface area (Å²) in [5.41, 5.74) is 0. The molecule has 1 aliphatic carbocycles. The lowest BCUT2D eigenvalue weighted by atomic mass is 9.87. The van der Waals surface area contributed by atoms with Crippen LogP contribution in [0.1, 0.15) is 64.7 Å². The first-order valence-corrected chi connectivity index (χ1v) is 7.15. The zero-order chi connectivity index (χ0) is 13.4. The third-order valence-corrected chi connectivity index (χ3v) is 3.68. The highest BCUT2D eigenvalue weighted by molar-refractivity contribution is 5.83. The molecular weight excluding hydrogens is 230 g/mol. The number of unbranched alkanes of at least 4 members (excludes halogenated alkanes) is 1. The van der Waals surface area contributed by atoms with Gasteiger partial charge in [-0.25, -0.2) is 4.79 Å². The first-order chi connectivity index (χ1) is 8.63. The molecule has 0 aromatic rings. The summed E-state index contributed by atoms with van der Waals surface area (Å²) < 4.78 is 0. The van der Waals surface area contributed by atoms with E-state index in [1.54, 1.807) is 0 Å². The van der Waals surface area contributed by atoms with Crippen LogP contribution in [-0.4, -0.2) is 23.0 Å². The Morgan fingerprint density at radius 2 is 1.94 bits per heavy atom. The number of carbonyl (C=O) groups is 2. The van der Waals surface area contributed by atoms with Crippen molar-refractivity contribution >= 4 is 11.9 Å². The van der Waals surface area contributed by atoms with Crippen molar-refractivity contribution in [2.45, 2.75) is 70.8 Å². The fourth-order valence-corrected chi connectivity index (χ4v) is 2.57. The minimum atomic E-state index is -0.916. The van der Waals surface area contributed by atoms with Gasteiger partial charge in [-0.15, -0.1) is 0 Å². The van der Waals surface area contributed by atoms with Crippen LogP contribution in [-0.2, 0) is 9.59 Å². The number of nitrogens with one attached hydrogen (secondary N) is 1. The Balaban J connectivity index is 2.32. The van der Waals surface area contributed by atoms with Gasteiger partial charge < -0.3 is 10.4 Å². The van der Waals surface area contributed by atoms with Gasteiger partial charge in [0.1, 0.15) is 6.04 Å². The smallest absolute Gasteiger partial charge is 0.326 e. The van der Waals surface area contributed by atoms with Gasteiger partial charge in [0.15, 0.2) is 0 Å². The van der Waals surface area contributed by atoms with Crippen LogP contribution in [0.15, 0.2) is 0 Å². The molecule has 0 aromatic heterocycles. The zero-order valence-corrected chi connectivity index (χ0v) is 11.3. The SMILES string of the molecule is CCCCC(NC(=O)CC1CCCCC1)C(=O)O. The number of carboxylic acids is 1. The summed E-state index contributed by atoms with van der Waals surface area (Å²) >= 11 is 0. The van der Waals surface area contributed by atoms with Crippen molar-refractivity contribution in [2.24, 2.45) is 5.92 Å². The van der Waals surface area contributed by atoms with Crippen molar-refractivity contribution < 1.29 is 14.7 Å². The molecule has 18 heavy (non-hydrogen) atoms. The molecule has 1 rings (SSSR count). The Kier molecular flexibility index (Phi) is 6.76. The van der Waals surface area contributed by atoms with Gasteiger partial charge >= 0.3 is 5.97 Å². The first-order valence-electron chi connectivity index (χ1n) is 7.15. The molecule has 0 bridgehead atoms. The molecule has 104 valence electrons. The first kappa shape index (κ1) is 15.0. The molecule has 0 heterocycles. The topological polar surface area (TPSA) is 66.4 Å². The molecule has 2 N–H and O–H groups in total. The molecule has 1 fully saturated rings. The second-order valence-electron chi connectivity index (χ2n) is 5.31. The maximum atomic E-state index is 11.8. The van der Waals surface area contributed by atoms with Crippen LogP contribution >= 0.6 is 0 Å². The van der Waals surface area contributed by atoms with Crippen molar-refractivity contribution in [3.05, 3.63) is 0 Å². The van der Waals surface area contributed by atoms with Crippen molar-refractivity contribution in [2.75, 3.05) is 0 Å². The van der Waals surface area contributed by atoms with E-state index in [1.807, 2.05) is 6.92 Å². The maximum absolute atomic E-state index is 11.8. The molecule has 0 aromatic carbocycles. The number of carboxylic acid groups (broad SMARTS) is 1. The Labute approximate surface area is 109 Å². The highest BCUT2D eigenvalue weighted by Crippen LogP contribution is 2.26. The van der Waals surface area contributed by atoms with Crippen LogP contribution in [0.4, 0.5) is 0 Å². The second kappa shape index (κ2) is 8.11. The highest BCUT2D eigenvalue weighted by atomic mass is 16.4. The highest BCUT2D eigenvalue weighted by Gasteiger charge is 2.22. The van der Waals surface area contributed by atoms with E-state index >= 15 is 0 Å². The van der Waals surface area contributed by atoms with E-state index in [1.165, 1.54) is 19.3 Å². The lowest BCUT2D eigenvalue weighted by molar-refractivity contribution is -0.142. The fourth-order valence-electron chi connectivity index (χ4n) is 2.57. The molecule has 0 saturated heterocycles. The van der Waals surface area contributed by atoms with Crippen LogP contribution in [0.5, 0.6) is 0 Å². The minimum absolute atomic E-state index is 0.0922. The summed E-state index contributed by atoms with van der Waals surface area (Å²) in [5, 5.41) is 11.7. The van der Waals surface area contributed by atoms with E-state index in [4.69, 9.17) is 5.11 Å². The summed E-state index contributed by atoms with van der Waals surface area (Å²) in [7, 11) is 0. The third-order valence-electron chi connectivity index (χ3n) is 3.68. The molecule has 1 unspecified atom stereocenters. The summed E-state index contributed by atoms with van der Waals surface area (Å²) in [6.07, 6.45) is 8.71. The number of carbonyl (C=O) groups excluding carboxylic acids is 1. The van der Waals surface area contributed by atoms with Crippen LogP contribution in [0.3, 0.4) is 0 Å². The van der Waals surface area contributed by atoms with Crippen LogP contribution in [0.2, 0.25) is 0 Å². The van der Waals surface area contributed by atoms with Gasteiger partial charge in [0.2, 0.25) is 5.91 Å². The Morgan fingerprint density at radius 3 is 2.50 bits per heavy atom. The standard InChI is InChI=1S/C14H25NO3/c1-2-3-9-12(14(17)18)15-13(16)10-11-7-5-4-6-8-11/h11-12H,2-10H2,1H3,(H,15,16)(H,17,18). The zero-order valence-electron chi connectivity index (χ0n) is 11.3. The molecular formula is C14H25NO3. The Hall–Kier alpha value is -1.06. The average molecular weight is 255 g/mol. The van der Waals surface area contributed by atoms with Crippen LogP contribution < -0.4 is 5.32 Å². The molecule has 4 heteroatoms. The lowest BCUT2D eigenvalue weighted by Crippen LogP contribution is -2.41. The normalized spacial score (nSPS) is 18.3. The van der Waals surface area contributed by atoms with E-state index in [-0.39, 0.29) is 5.91 Å². The average Bonchev–Trinajstić information content (AvgIpc) is 2.35. The monoisotopic (exact) mass is 255 g/mol. The van der Waals surface area contributed by atoms with E-state index in [9.17, 15) is 9.59 Å². The van der Waals surface area contributed by atoms with Crippen molar-refractivity contribution in [1.82, 2.24) is 5.32 Å². The number of amides is 1. The van der Waals surface area contributed by atoms with Gasteiger partial charge in [-0.05, 0) is 25.2 Å². The van der Waals surface area contributed by atoms with Gasteiger partial charge in [-0.2, -0.15) is 0 Å². The van der Waals surface area contributed by atoms with E-state index in [0.717, 1.165) is 25.7 Å². The molecule has 4 nitrogen and oxygen atoms in total. The quantitative estimate of drug-likeness (QED) is 0.735. The lowest BCUT2D eigenvalue weighted by Gasteiger charge is -2.22. The Morgan fingerprint density at radius 1 is 1.28 bits per heavy atom. The largest absolute Gasteiger partial charge is 0.480 e. The van der Waals surface area contributed by atoms with Gasteiger partial charge in [0, 0.05) is 6.42 Å². The summed E-state index contributed by atoms with van der Waals surface area (Å²) in [5.74, 6) is -0.551. The third kappa shape index (κ3) is 5.52. The van der Waals surface area contributed by atoms with Crippen molar-refractivity contribution in [1.29, 1.82) is 0 Å². The summed E-state index contributed by atoms with van der Waals surface area (Å²) in [6.45, 7) is 2.02. The molecule has 1 amide bonds. The second-order valence-corrected chi connectivity index (χ2v) is 5.31. The predicted molar refractivity (Wildman–Crippen MR) is 70.3 cm³/mol. The predicted octanol–water partition coefficient (Wildman–Crippen LogP) is 2.72. The van der Waals surface area contributed by atoms with Gasteiger partial charge in [0.25, 0.3) is 0 Å². The molecule has 0 aliphatic heterocycles. The number of rotatable bonds is 7. The molecule has 1 aliphatic rings. The molecule has 0 radical (unpaired) electrons. The number of hydrogen-bond acceptors (Lipinski definition) is 2. The molecule has 1 atom stereocenters. The van der Waals surface area contributed by atoms with E-state index < -0.39 is 12.0 Å². The Bertz CT molecular complexity index is 272. The van der Waals surface area contributed by atoms with E-state index in [2.05, 4.69) is 5.32 Å². The molecule has 0 spiro atoms. The van der Waals surface area contributed by atoms with Crippen LogP contribution in [0, 0.1) is 5.92 Å². The van der Waals surface area contributed by atoms with Gasteiger partial charge in [-0.1, -0.05) is 39.0 Å². The van der Waals surface area contributed by atoms with Gasteiger partial charge in [0.05, 0.1) is 0 Å².